The molecule has 0 saturated heterocycles. The number of hydrogen-bond donors (Lipinski definition) is 2. The maximum absolute atomic E-state index is 9.03. The Hall–Kier alpha value is -2.27. The minimum atomic E-state index is -0.0738. The van der Waals surface area contributed by atoms with Crippen LogP contribution in [-0.4, -0.2) is 25.0 Å². The van der Waals surface area contributed by atoms with Crippen LogP contribution in [0.15, 0.2) is 36.5 Å². The summed E-state index contributed by atoms with van der Waals surface area (Å²) in [7, 11) is 0. The van der Waals surface area contributed by atoms with Crippen molar-refractivity contribution in [1.82, 2.24) is 19.9 Å². The molecule has 0 aliphatic heterocycles. The van der Waals surface area contributed by atoms with Gasteiger partial charge in [-0.05, 0) is 18.2 Å². The molecule has 2 heterocycles. The van der Waals surface area contributed by atoms with Crippen LogP contribution in [0.5, 0.6) is 0 Å². The Labute approximate surface area is 104 Å². The predicted octanol–water partition coefficient (Wildman–Crippen LogP) is 1.44. The molecule has 0 unspecified atom stereocenters. The molecule has 0 radical (unpaired) electrons. The lowest BCUT2D eigenvalue weighted by Crippen LogP contribution is -2.00. The molecule has 0 fully saturated rings. The fourth-order valence-corrected chi connectivity index (χ4v) is 1.85. The van der Waals surface area contributed by atoms with Gasteiger partial charge in [0.15, 0.2) is 0 Å². The summed E-state index contributed by atoms with van der Waals surface area (Å²) in [5, 5.41) is 9.03. The normalized spacial score (nSPS) is 10.9. The molecule has 18 heavy (non-hydrogen) atoms. The Morgan fingerprint density at radius 1 is 1.11 bits per heavy atom. The number of hydrogen-bond acceptors (Lipinski definition) is 4. The number of para-hydroxylation sites is 2. The van der Waals surface area contributed by atoms with E-state index < -0.39 is 0 Å². The minimum absolute atomic E-state index is 0.0738. The van der Waals surface area contributed by atoms with E-state index in [1.54, 1.807) is 12.3 Å². The van der Waals surface area contributed by atoms with Gasteiger partial charge in [0.2, 0.25) is 0 Å². The van der Waals surface area contributed by atoms with E-state index in [2.05, 4.69) is 19.9 Å². The first-order chi connectivity index (χ1) is 8.85. The summed E-state index contributed by atoms with van der Waals surface area (Å²) >= 11 is 0. The number of nitrogens with one attached hydrogen (secondary N) is 1. The molecular formula is C13H12N4O. The van der Waals surface area contributed by atoms with Gasteiger partial charge < -0.3 is 10.1 Å². The van der Waals surface area contributed by atoms with Crippen molar-refractivity contribution in [3.63, 3.8) is 0 Å². The third kappa shape index (κ3) is 2.08. The molecule has 0 spiro atoms. The molecule has 2 N–H and O–H groups in total. The van der Waals surface area contributed by atoms with Gasteiger partial charge in [-0.15, -0.1) is 0 Å². The van der Waals surface area contributed by atoms with Gasteiger partial charge in [-0.25, -0.2) is 15.0 Å². The summed E-state index contributed by atoms with van der Waals surface area (Å²) in [5.74, 6) is 1.48. The molecule has 0 saturated carbocycles. The molecule has 0 aliphatic carbocycles. The number of imidazole rings is 1. The number of aromatic nitrogens is 4. The van der Waals surface area contributed by atoms with Crippen LogP contribution in [0.3, 0.4) is 0 Å². The number of H-pyrrole nitrogens is 1. The third-order valence-electron chi connectivity index (χ3n) is 2.69. The highest BCUT2D eigenvalue weighted by atomic mass is 16.3. The van der Waals surface area contributed by atoms with Crippen LogP contribution in [0.1, 0.15) is 17.3 Å². The first-order valence-corrected chi connectivity index (χ1v) is 5.70. The van der Waals surface area contributed by atoms with Gasteiger partial charge in [-0.2, -0.15) is 0 Å². The average molecular weight is 240 g/mol. The Kier molecular flexibility index (Phi) is 2.74. The summed E-state index contributed by atoms with van der Waals surface area (Å²) in [4.78, 5) is 16.1. The van der Waals surface area contributed by atoms with Gasteiger partial charge in [-0.3, -0.25) is 0 Å². The first kappa shape index (κ1) is 10.9. The lowest BCUT2D eigenvalue weighted by atomic mass is 10.3. The number of benzene rings is 1. The van der Waals surface area contributed by atoms with Crippen molar-refractivity contribution in [3.8, 4) is 0 Å². The predicted molar refractivity (Wildman–Crippen MR) is 66.9 cm³/mol. The second kappa shape index (κ2) is 4.54. The highest BCUT2D eigenvalue weighted by molar-refractivity contribution is 5.74. The van der Waals surface area contributed by atoms with Crippen LogP contribution in [-0.2, 0) is 13.0 Å². The first-order valence-electron chi connectivity index (χ1n) is 5.70. The van der Waals surface area contributed by atoms with Crippen molar-refractivity contribution < 1.29 is 5.11 Å². The van der Waals surface area contributed by atoms with E-state index >= 15 is 0 Å². The van der Waals surface area contributed by atoms with Crippen molar-refractivity contribution in [1.29, 1.82) is 0 Å². The Balaban J connectivity index is 1.91. The monoisotopic (exact) mass is 240 g/mol. The second-order valence-electron chi connectivity index (χ2n) is 4.00. The van der Waals surface area contributed by atoms with Crippen LogP contribution < -0.4 is 0 Å². The van der Waals surface area contributed by atoms with Gasteiger partial charge >= 0.3 is 0 Å². The third-order valence-corrected chi connectivity index (χ3v) is 2.69. The molecular weight excluding hydrogens is 228 g/mol. The molecule has 2 aromatic heterocycles. The van der Waals surface area contributed by atoms with E-state index in [0.29, 0.717) is 17.9 Å². The average Bonchev–Trinajstić information content (AvgIpc) is 2.81. The van der Waals surface area contributed by atoms with Crippen molar-refractivity contribution in [2.24, 2.45) is 0 Å². The van der Waals surface area contributed by atoms with Crippen molar-refractivity contribution in [2.75, 3.05) is 0 Å². The minimum Gasteiger partial charge on any atom is -0.390 e. The van der Waals surface area contributed by atoms with E-state index in [1.165, 1.54) is 0 Å². The highest BCUT2D eigenvalue weighted by Crippen LogP contribution is 2.12. The van der Waals surface area contributed by atoms with Gasteiger partial charge in [0.1, 0.15) is 11.6 Å². The summed E-state index contributed by atoms with van der Waals surface area (Å²) in [6, 6.07) is 9.56. The van der Waals surface area contributed by atoms with Crippen LogP contribution in [0.4, 0.5) is 0 Å². The standard InChI is InChI=1S/C13H12N4O/c18-8-9-5-6-14-12(15-9)7-13-16-10-3-1-2-4-11(10)17-13/h1-6,18H,7-8H2,(H,16,17). The summed E-state index contributed by atoms with van der Waals surface area (Å²) in [6.07, 6.45) is 2.18. The van der Waals surface area contributed by atoms with E-state index in [0.717, 1.165) is 16.9 Å². The molecule has 0 atom stereocenters. The topological polar surface area (TPSA) is 74.7 Å². The number of fused-ring (bicyclic) bond motifs is 1. The van der Waals surface area contributed by atoms with Crippen LogP contribution in [0.2, 0.25) is 0 Å². The number of nitrogens with zero attached hydrogens (tertiary/aromatic N) is 3. The van der Waals surface area contributed by atoms with Crippen molar-refractivity contribution in [3.05, 3.63) is 53.9 Å². The number of rotatable bonds is 3. The van der Waals surface area contributed by atoms with Gasteiger partial charge in [0.25, 0.3) is 0 Å². The second-order valence-corrected chi connectivity index (χ2v) is 4.00. The zero-order valence-corrected chi connectivity index (χ0v) is 9.67. The summed E-state index contributed by atoms with van der Waals surface area (Å²) in [5.41, 5.74) is 2.56. The molecule has 0 amide bonds. The molecule has 3 aromatic rings. The SMILES string of the molecule is OCc1ccnc(Cc2nc3ccccc3[nH]2)n1. The maximum atomic E-state index is 9.03. The summed E-state index contributed by atoms with van der Waals surface area (Å²) in [6.45, 7) is -0.0738. The van der Waals surface area contributed by atoms with Crippen LogP contribution >= 0.6 is 0 Å². The van der Waals surface area contributed by atoms with Crippen molar-refractivity contribution in [2.45, 2.75) is 13.0 Å². The fraction of sp³-hybridized carbons (Fsp3) is 0.154. The van der Waals surface area contributed by atoms with Gasteiger partial charge in [-0.1, -0.05) is 12.1 Å². The van der Waals surface area contributed by atoms with Gasteiger partial charge in [0.05, 0.1) is 29.8 Å². The maximum Gasteiger partial charge on any atom is 0.136 e. The number of aliphatic hydroxyl groups excluding tert-OH is 1. The summed E-state index contributed by atoms with van der Waals surface area (Å²) < 4.78 is 0. The quantitative estimate of drug-likeness (QED) is 0.726. The van der Waals surface area contributed by atoms with Crippen LogP contribution in [0.25, 0.3) is 11.0 Å². The lowest BCUT2D eigenvalue weighted by molar-refractivity contribution is 0.276. The number of aliphatic hydroxyl groups is 1. The molecule has 1 aromatic carbocycles. The number of aromatic amines is 1. The lowest BCUT2D eigenvalue weighted by Gasteiger charge is -1.99. The molecule has 3 rings (SSSR count). The zero-order valence-electron chi connectivity index (χ0n) is 9.67. The fourth-order valence-electron chi connectivity index (χ4n) is 1.85. The Bertz CT molecular complexity index is 644. The van der Waals surface area contributed by atoms with E-state index in [-0.39, 0.29) is 6.61 Å². The van der Waals surface area contributed by atoms with E-state index in [9.17, 15) is 0 Å². The molecule has 0 aliphatic rings. The van der Waals surface area contributed by atoms with E-state index in [1.807, 2.05) is 24.3 Å². The zero-order chi connectivity index (χ0) is 12.4. The Morgan fingerprint density at radius 3 is 2.83 bits per heavy atom. The highest BCUT2D eigenvalue weighted by Gasteiger charge is 2.05. The smallest absolute Gasteiger partial charge is 0.136 e. The van der Waals surface area contributed by atoms with Crippen LogP contribution in [0, 0.1) is 0 Å². The van der Waals surface area contributed by atoms with Crippen molar-refractivity contribution >= 4 is 11.0 Å². The molecule has 5 nitrogen and oxygen atoms in total. The largest absolute Gasteiger partial charge is 0.390 e. The molecule has 90 valence electrons. The Morgan fingerprint density at radius 2 is 2.00 bits per heavy atom. The molecule has 5 heteroatoms. The van der Waals surface area contributed by atoms with E-state index in [4.69, 9.17) is 5.11 Å². The molecule has 0 bridgehead atoms. The van der Waals surface area contributed by atoms with Gasteiger partial charge in [0, 0.05) is 6.20 Å².